The minimum Gasteiger partial charge on any atom is -0.457 e. The number of ether oxygens (including phenoxy) is 2. The van der Waals surface area contributed by atoms with E-state index in [0.29, 0.717) is 24.1 Å². The molecule has 0 amide bonds. The summed E-state index contributed by atoms with van der Waals surface area (Å²) in [5, 5.41) is 4.10. The van der Waals surface area contributed by atoms with Crippen LogP contribution in [0.4, 0.5) is 0 Å². The van der Waals surface area contributed by atoms with E-state index < -0.39 is 0 Å². The van der Waals surface area contributed by atoms with E-state index in [0.717, 1.165) is 24.3 Å². The van der Waals surface area contributed by atoms with E-state index in [1.807, 2.05) is 54.6 Å². The van der Waals surface area contributed by atoms with E-state index in [9.17, 15) is 0 Å². The zero-order valence-corrected chi connectivity index (χ0v) is 12.5. The molecule has 1 saturated heterocycles. The summed E-state index contributed by atoms with van der Waals surface area (Å²) in [7, 11) is 0. The predicted octanol–water partition coefficient (Wildman–Crippen LogP) is 4.03. The van der Waals surface area contributed by atoms with Crippen molar-refractivity contribution in [3.63, 3.8) is 0 Å². The number of hydrogen-bond donors (Lipinski definition) is 0. The molecule has 2 aromatic carbocycles. The van der Waals surface area contributed by atoms with Gasteiger partial charge in [-0.25, -0.2) is 0 Å². The fraction of sp³-hybridized carbons (Fsp3) is 0.222. The van der Waals surface area contributed by atoms with Crippen LogP contribution in [-0.2, 0) is 4.74 Å². The molecule has 0 radical (unpaired) electrons. The van der Waals surface area contributed by atoms with Gasteiger partial charge in [0.05, 0.1) is 12.2 Å². The molecule has 5 heteroatoms. The topological polar surface area (TPSA) is 57.4 Å². The number of nitrogens with zero attached hydrogens (tertiary/aromatic N) is 2. The zero-order valence-electron chi connectivity index (χ0n) is 12.5. The quantitative estimate of drug-likeness (QED) is 0.728. The molecule has 0 aliphatic carbocycles. The third-order valence-corrected chi connectivity index (χ3v) is 3.83. The van der Waals surface area contributed by atoms with Crippen molar-refractivity contribution in [3.05, 3.63) is 60.4 Å². The lowest BCUT2D eigenvalue weighted by atomic mass is 10.1. The Morgan fingerprint density at radius 3 is 2.65 bits per heavy atom. The molecule has 23 heavy (non-hydrogen) atoms. The van der Waals surface area contributed by atoms with Crippen LogP contribution in [0.2, 0.25) is 0 Å². The molecule has 1 fully saturated rings. The zero-order chi connectivity index (χ0) is 15.5. The van der Waals surface area contributed by atoms with E-state index in [2.05, 4.69) is 10.1 Å². The number of benzene rings is 2. The third-order valence-electron chi connectivity index (χ3n) is 3.83. The van der Waals surface area contributed by atoms with Gasteiger partial charge in [0.2, 0.25) is 0 Å². The maximum atomic E-state index is 5.95. The van der Waals surface area contributed by atoms with Crippen LogP contribution in [0.1, 0.15) is 18.2 Å². The molecule has 0 bridgehead atoms. The molecule has 0 saturated carbocycles. The van der Waals surface area contributed by atoms with Crippen molar-refractivity contribution < 1.29 is 14.0 Å². The van der Waals surface area contributed by atoms with Crippen molar-refractivity contribution >= 4 is 0 Å². The molecule has 4 rings (SSSR count). The molecule has 1 aliphatic rings. The summed E-state index contributed by atoms with van der Waals surface area (Å²) in [5.74, 6) is 2.85. The summed E-state index contributed by atoms with van der Waals surface area (Å²) < 4.78 is 16.8. The van der Waals surface area contributed by atoms with Gasteiger partial charge in [0.15, 0.2) is 5.82 Å². The van der Waals surface area contributed by atoms with Crippen LogP contribution in [-0.4, -0.2) is 23.4 Å². The standard InChI is InChI=1S/C18H16N2O3/c1-2-6-14(7-3-1)22-16-9-5-4-8-15(16)18-19-17(20-23-18)13-10-11-21-12-13/h1-9,13H,10-12H2. The Balaban J connectivity index is 1.64. The Hall–Kier alpha value is -2.66. The molecule has 1 unspecified atom stereocenters. The van der Waals surface area contributed by atoms with E-state index in [1.165, 1.54) is 0 Å². The lowest BCUT2D eigenvalue weighted by Gasteiger charge is -2.08. The summed E-state index contributed by atoms with van der Waals surface area (Å²) in [6, 6.07) is 17.3. The summed E-state index contributed by atoms with van der Waals surface area (Å²) in [6.07, 6.45) is 0.932. The molecule has 1 aliphatic heterocycles. The highest BCUT2D eigenvalue weighted by molar-refractivity contribution is 5.63. The molecule has 1 atom stereocenters. The Morgan fingerprint density at radius 2 is 1.83 bits per heavy atom. The summed E-state index contributed by atoms with van der Waals surface area (Å²) in [4.78, 5) is 4.53. The van der Waals surface area contributed by atoms with Crippen LogP contribution in [0.25, 0.3) is 11.5 Å². The van der Waals surface area contributed by atoms with Crippen molar-refractivity contribution in [2.45, 2.75) is 12.3 Å². The first-order valence-corrected chi connectivity index (χ1v) is 7.64. The average Bonchev–Trinajstić information content (AvgIpc) is 3.28. The van der Waals surface area contributed by atoms with Gasteiger partial charge in [-0.15, -0.1) is 0 Å². The fourth-order valence-electron chi connectivity index (χ4n) is 2.60. The lowest BCUT2D eigenvalue weighted by Crippen LogP contribution is -1.99. The lowest BCUT2D eigenvalue weighted by molar-refractivity contribution is 0.192. The number of para-hydroxylation sites is 2. The van der Waals surface area contributed by atoms with Crippen molar-refractivity contribution in [1.29, 1.82) is 0 Å². The summed E-state index contributed by atoms with van der Waals surface area (Å²) in [6.45, 7) is 1.41. The van der Waals surface area contributed by atoms with Crippen molar-refractivity contribution in [2.24, 2.45) is 0 Å². The van der Waals surface area contributed by atoms with Gasteiger partial charge in [0.25, 0.3) is 5.89 Å². The minimum atomic E-state index is 0.217. The third kappa shape index (κ3) is 2.96. The first kappa shape index (κ1) is 14.0. The van der Waals surface area contributed by atoms with Gasteiger partial charge >= 0.3 is 0 Å². The van der Waals surface area contributed by atoms with Gasteiger partial charge < -0.3 is 14.0 Å². The molecule has 0 spiro atoms. The summed E-state index contributed by atoms with van der Waals surface area (Å²) >= 11 is 0. The first-order chi connectivity index (χ1) is 11.4. The number of hydrogen-bond acceptors (Lipinski definition) is 5. The normalized spacial score (nSPS) is 17.3. The highest BCUT2D eigenvalue weighted by Gasteiger charge is 2.24. The van der Waals surface area contributed by atoms with Crippen molar-refractivity contribution in [3.8, 4) is 23.0 Å². The first-order valence-electron chi connectivity index (χ1n) is 7.64. The van der Waals surface area contributed by atoms with E-state index in [-0.39, 0.29) is 5.92 Å². The number of aromatic nitrogens is 2. The Kier molecular flexibility index (Phi) is 3.78. The summed E-state index contributed by atoms with van der Waals surface area (Å²) in [5.41, 5.74) is 0.786. The van der Waals surface area contributed by atoms with Crippen LogP contribution in [0, 0.1) is 0 Å². The Bertz CT molecular complexity index is 780. The Labute approximate surface area is 133 Å². The van der Waals surface area contributed by atoms with Gasteiger partial charge in [0.1, 0.15) is 11.5 Å². The molecular formula is C18H16N2O3. The molecule has 1 aromatic heterocycles. The molecule has 3 aromatic rings. The molecular weight excluding hydrogens is 292 g/mol. The van der Waals surface area contributed by atoms with Crippen LogP contribution >= 0.6 is 0 Å². The highest BCUT2D eigenvalue weighted by atomic mass is 16.5. The van der Waals surface area contributed by atoms with Gasteiger partial charge in [-0.1, -0.05) is 35.5 Å². The SMILES string of the molecule is c1ccc(Oc2ccccc2-c2nc(C3CCOC3)no2)cc1. The van der Waals surface area contributed by atoms with Crippen molar-refractivity contribution in [2.75, 3.05) is 13.2 Å². The van der Waals surface area contributed by atoms with Crippen molar-refractivity contribution in [1.82, 2.24) is 10.1 Å². The second-order valence-corrected chi connectivity index (χ2v) is 5.43. The van der Waals surface area contributed by atoms with Gasteiger partial charge in [-0.3, -0.25) is 0 Å². The molecule has 116 valence electrons. The fourth-order valence-corrected chi connectivity index (χ4v) is 2.60. The highest BCUT2D eigenvalue weighted by Crippen LogP contribution is 2.33. The predicted molar refractivity (Wildman–Crippen MR) is 84.4 cm³/mol. The van der Waals surface area contributed by atoms with Crippen LogP contribution in [0.3, 0.4) is 0 Å². The molecule has 5 nitrogen and oxygen atoms in total. The van der Waals surface area contributed by atoms with E-state index >= 15 is 0 Å². The minimum absolute atomic E-state index is 0.217. The Morgan fingerprint density at radius 1 is 1.00 bits per heavy atom. The van der Waals surface area contributed by atoms with Crippen LogP contribution in [0.5, 0.6) is 11.5 Å². The number of rotatable bonds is 4. The maximum Gasteiger partial charge on any atom is 0.261 e. The average molecular weight is 308 g/mol. The van der Waals surface area contributed by atoms with Crippen LogP contribution < -0.4 is 4.74 Å². The van der Waals surface area contributed by atoms with Gasteiger partial charge in [0, 0.05) is 12.5 Å². The largest absolute Gasteiger partial charge is 0.457 e. The van der Waals surface area contributed by atoms with E-state index in [4.69, 9.17) is 14.0 Å². The second-order valence-electron chi connectivity index (χ2n) is 5.43. The van der Waals surface area contributed by atoms with Gasteiger partial charge in [-0.2, -0.15) is 4.98 Å². The van der Waals surface area contributed by atoms with Crippen LogP contribution in [0.15, 0.2) is 59.1 Å². The monoisotopic (exact) mass is 308 g/mol. The maximum absolute atomic E-state index is 5.95. The second kappa shape index (κ2) is 6.22. The van der Waals surface area contributed by atoms with E-state index in [1.54, 1.807) is 0 Å². The molecule has 2 heterocycles. The smallest absolute Gasteiger partial charge is 0.261 e. The van der Waals surface area contributed by atoms with Gasteiger partial charge in [-0.05, 0) is 30.7 Å². The molecule has 0 N–H and O–H groups in total.